The summed E-state index contributed by atoms with van der Waals surface area (Å²) in [6, 6.07) is 1.91. The lowest BCUT2D eigenvalue weighted by Crippen LogP contribution is -2.34. The van der Waals surface area contributed by atoms with E-state index in [4.69, 9.17) is 0 Å². The van der Waals surface area contributed by atoms with E-state index in [2.05, 4.69) is 31.5 Å². The van der Waals surface area contributed by atoms with Gasteiger partial charge in [0, 0.05) is 5.56 Å². The summed E-state index contributed by atoms with van der Waals surface area (Å²) in [6.45, 7) is 3.79. The molecule has 0 aliphatic rings. The lowest BCUT2D eigenvalue weighted by atomic mass is 10.1. The van der Waals surface area contributed by atoms with Gasteiger partial charge in [-0.25, -0.2) is 0 Å². The highest BCUT2D eigenvalue weighted by Crippen LogP contribution is 2.24. The first-order valence-electron chi connectivity index (χ1n) is 4.00. The van der Waals surface area contributed by atoms with Gasteiger partial charge in [-0.1, -0.05) is 0 Å². The number of aromatic nitrogens is 4. The summed E-state index contributed by atoms with van der Waals surface area (Å²) in [5.74, 6) is 0. The van der Waals surface area contributed by atoms with Crippen LogP contribution in [0.15, 0.2) is 10.5 Å². The first-order chi connectivity index (χ1) is 6.61. The zero-order valence-electron chi connectivity index (χ0n) is 7.65. The van der Waals surface area contributed by atoms with E-state index in [1.807, 2.05) is 19.9 Å². The molecule has 0 bridgehead atoms. The van der Waals surface area contributed by atoms with Crippen molar-refractivity contribution in [2.24, 2.45) is 0 Å². The van der Waals surface area contributed by atoms with Gasteiger partial charge >= 0.3 is 0 Å². The summed E-state index contributed by atoms with van der Waals surface area (Å²) in [5.41, 5.74) is 2.90. The molecule has 0 spiro atoms. The molecule has 0 saturated carbocycles. The third kappa shape index (κ3) is 1.22. The number of fused-ring (bicyclic) bond motifs is 1. The number of nitrogens with zero attached hydrogens (tertiary/aromatic N) is 4. The van der Waals surface area contributed by atoms with Gasteiger partial charge < -0.3 is 5.21 Å². The first kappa shape index (κ1) is 9.26. The Labute approximate surface area is 88.5 Å². The topological polar surface area (TPSA) is 65.6 Å². The summed E-state index contributed by atoms with van der Waals surface area (Å²) in [7, 11) is 0. The van der Waals surface area contributed by atoms with Crippen LogP contribution in [-0.2, 0) is 0 Å². The second kappa shape index (κ2) is 3.13. The van der Waals surface area contributed by atoms with Crippen LogP contribution in [0.5, 0.6) is 0 Å². The van der Waals surface area contributed by atoms with Crippen molar-refractivity contribution in [1.29, 1.82) is 0 Å². The third-order valence-corrected chi connectivity index (χ3v) is 2.80. The molecule has 0 atom stereocenters. The van der Waals surface area contributed by atoms with Crippen molar-refractivity contribution in [1.82, 2.24) is 15.5 Å². The van der Waals surface area contributed by atoms with Crippen molar-refractivity contribution < 1.29 is 4.85 Å². The van der Waals surface area contributed by atoms with Crippen molar-refractivity contribution in [2.75, 3.05) is 0 Å². The van der Waals surface area contributed by atoms with Gasteiger partial charge in [-0.15, -0.1) is 4.85 Å². The molecule has 72 valence electrons. The molecule has 6 heteroatoms. The number of rotatable bonds is 0. The summed E-state index contributed by atoms with van der Waals surface area (Å²) in [6.07, 6.45) is 0. The number of hydrogen-bond acceptors (Lipinski definition) is 4. The molecule has 0 N–H and O–H groups in total. The Kier molecular flexibility index (Phi) is 2.07. The Balaban J connectivity index is 3.03. The molecule has 2 aromatic rings. The highest BCUT2D eigenvalue weighted by atomic mass is 79.9. The molecule has 0 aliphatic carbocycles. The highest BCUT2D eigenvalue weighted by Gasteiger charge is 2.13. The van der Waals surface area contributed by atoms with Gasteiger partial charge in [0.2, 0.25) is 5.21 Å². The van der Waals surface area contributed by atoms with E-state index < -0.39 is 0 Å². The quantitative estimate of drug-likeness (QED) is 0.521. The molecular weight excluding hydrogens is 248 g/mol. The number of hydrogen-bond donors (Lipinski definition) is 0. The second-order valence-corrected chi connectivity index (χ2v) is 3.90. The molecule has 0 saturated heterocycles. The summed E-state index contributed by atoms with van der Waals surface area (Å²) >= 11 is 3.33. The fraction of sp³-hybridized carbons (Fsp3) is 0.250. The van der Waals surface area contributed by atoms with Gasteiger partial charge in [-0.3, -0.25) is 0 Å². The van der Waals surface area contributed by atoms with E-state index >= 15 is 0 Å². The molecule has 0 radical (unpaired) electrons. The van der Waals surface area contributed by atoms with Crippen LogP contribution in [0.2, 0.25) is 0 Å². The van der Waals surface area contributed by atoms with Gasteiger partial charge in [0.25, 0.3) is 0 Å². The average molecular weight is 255 g/mol. The zero-order chi connectivity index (χ0) is 10.3. The molecule has 0 amide bonds. The maximum atomic E-state index is 11.4. The molecule has 2 rings (SSSR count). The van der Waals surface area contributed by atoms with E-state index in [0.29, 0.717) is 15.9 Å². The minimum absolute atomic E-state index is 0.465. The molecule has 5 nitrogen and oxygen atoms in total. The molecule has 1 heterocycles. The molecule has 0 unspecified atom stereocenters. The Morgan fingerprint density at radius 3 is 2.86 bits per heavy atom. The van der Waals surface area contributed by atoms with Crippen LogP contribution in [0.4, 0.5) is 0 Å². The minimum atomic E-state index is 0.465. The highest BCUT2D eigenvalue weighted by molar-refractivity contribution is 9.10. The Morgan fingerprint density at radius 1 is 1.43 bits per heavy atom. The predicted molar refractivity (Wildman–Crippen MR) is 53.5 cm³/mol. The molecule has 0 fully saturated rings. The van der Waals surface area contributed by atoms with Crippen LogP contribution in [0.1, 0.15) is 11.1 Å². The van der Waals surface area contributed by atoms with Crippen LogP contribution in [0.25, 0.3) is 11.0 Å². The van der Waals surface area contributed by atoms with Gasteiger partial charge in [0.1, 0.15) is 0 Å². The Hall–Kier alpha value is -1.30. The number of halogens is 1. The summed E-state index contributed by atoms with van der Waals surface area (Å²) < 4.78 is 0.759. The van der Waals surface area contributed by atoms with Gasteiger partial charge in [0.05, 0.1) is 4.47 Å². The van der Waals surface area contributed by atoms with Gasteiger partial charge in [0.15, 0.2) is 16.2 Å². The van der Waals surface area contributed by atoms with E-state index in [1.165, 1.54) is 0 Å². The fourth-order valence-electron chi connectivity index (χ4n) is 1.32. The third-order valence-electron chi connectivity index (χ3n) is 2.20. The number of benzene rings is 1. The predicted octanol–water partition coefficient (Wildman–Crippen LogP) is 1.04. The van der Waals surface area contributed by atoms with Crippen molar-refractivity contribution in [3.8, 4) is 0 Å². The van der Waals surface area contributed by atoms with Crippen LogP contribution >= 0.6 is 15.9 Å². The van der Waals surface area contributed by atoms with E-state index in [1.54, 1.807) is 0 Å². The zero-order valence-corrected chi connectivity index (χ0v) is 9.24. The maximum Gasteiger partial charge on any atom is 0.204 e. The minimum Gasteiger partial charge on any atom is -0.691 e. The first-order valence-corrected chi connectivity index (χ1v) is 4.79. The van der Waals surface area contributed by atoms with E-state index in [0.717, 1.165) is 15.6 Å². The van der Waals surface area contributed by atoms with E-state index in [9.17, 15) is 5.21 Å². The van der Waals surface area contributed by atoms with Gasteiger partial charge in [-0.05, 0) is 46.5 Å². The fourth-order valence-corrected chi connectivity index (χ4v) is 1.93. The number of aryl methyl sites for hydroxylation is 2. The van der Waals surface area contributed by atoms with Crippen LogP contribution in [-0.4, -0.2) is 15.5 Å². The largest absolute Gasteiger partial charge is 0.691 e. The summed E-state index contributed by atoms with van der Waals surface area (Å²) in [4.78, 5) is 0.495. The van der Waals surface area contributed by atoms with Gasteiger partial charge in [-0.2, -0.15) is 0 Å². The molecule has 0 aliphatic heterocycles. The smallest absolute Gasteiger partial charge is 0.204 e. The normalized spacial score (nSPS) is 10.8. The van der Waals surface area contributed by atoms with E-state index in [-0.39, 0.29) is 0 Å². The summed E-state index contributed by atoms with van der Waals surface area (Å²) in [5, 5.41) is 21.9. The Morgan fingerprint density at radius 2 is 2.14 bits per heavy atom. The van der Waals surface area contributed by atoms with Crippen LogP contribution in [0.3, 0.4) is 0 Å². The van der Waals surface area contributed by atoms with Crippen LogP contribution in [0, 0.1) is 19.1 Å². The van der Waals surface area contributed by atoms with Crippen LogP contribution < -0.4 is 4.85 Å². The maximum absolute atomic E-state index is 11.4. The molecule has 1 aromatic heterocycles. The second-order valence-electron chi connectivity index (χ2n) is 3.05. The van der Waals surface area contributed by atoms with Crippen molar-refractivity contribution in [2.45, 2.75) is 13.8 Å². The Bertz CT molecular complexity index is 514. The molecule has 14 heavy (non-hydrogen) atoms. The SMILES string of the molecule is Cc1cc(Br)c2nnn[n+]([O-])c2c1C. The van der Waals surface area contributed by atoms with Crippen molar-refractivity contribution in [3.05, 3.63) is 26.9 Å². The lowest BCUT2D eigenvalue weighted by Gasteiger charge is -2.06. The van der Waals surface area contributed by atoms with Crippen molar-refractivity contribution in [3.63, 3.8) is 0 Å². The lowest BCUT2D eigenvalue weighted by molar-refractivity contribution is -0.650. The standard InChI is InChI=1S/C8H7BrN4O/c1-4-3-6(9)7-8(5(4)2)13(14)12-11-10-7/h3H,1-2H3. The molecular formula is C8H7BrN4O. The monoisotopic (exact) mass is 254 g/mol. The van der Waals surface area contributed by atoms with Crippen molar-refractivity contribution >= 4 is 27.0 Å². The molecule has 1 aromatic carbocycles. The average Bonchev–Trinajstić information content (AvgIpc) is 2.14.